The minimum Gasteiger partial charge on any atom is -0.306 e. The van der Waals surface area contributed by atoms with Gasteiger partial charge in [0.05, 0.1) is 6.04 Å². The monoisotopic (exact) mass is 365 g/mol. The van der Waals surface area contributed by atoms with Crippen molar-refractivity contribution >= 4 is 27.5 Å². The van der Waals surface area contributed by atoms with Crippen LogP contribution in [0.5, 0.6) is 0 Å². The summed E-state index contributed by atoms with van der Waals surface area (Å²) in [4.78, 5) is 0. The molecule has 2 aromatic rings. The number of hydrogen-bond donors (Lipinski definition) is 1. The Morgan fingerprint density at radius 1 is 1.14 bits per heavy atom. The van der Waals surface area contributed by atoms with Crippen LogP contribution < -0.4 is 5.32 Å². The number of rotatable bonds is 5. The van der Waals surface area contributed by atoms with E-state index in [4.69, 9.17) is 11.6 Å². The summed E-state index contributed by atoms with van der Waals surface area (Å²) in [7, 11) is 0. The molecular weight excluding hydrogens is 346 g/mol. The first-order valence-corrected chi connectivity index (χ1v) is 8.46. The molecule has 0 heterocycles. The quantitative estimate of drug-likeness (QED) is 0.704. The van der Waals surface area contributed by atoms with E-state index in [-0.39, 0.29) is 6.04 Å². The fourth-order valence-corrected chi connectivity index (χ4v) is 3.03. The Bertz CT molecular complexity index is 601. The Labute approximate surface area is 140 Å². The zero-order valence-electron chi connectivity index (χ0n) is 12.7. The van der Waals surface area contributed by atoms with Crippen molar-refractivity contribution in [3.63, 3.8) is 0 Å². The molecule has 0 fully saturated rings. The van der Waals surface area contributed by atoms with Crippen molar-refractivity contribution in [2.45, 2.75) is 33.2 Å². The second-order valence-corrected chi connectivity index (χ2v) is 6.58. The second kappa shape index (κ2) is 7.44. The van der Waals surface area contributed by atoms with Crippen molar-refractivity contribution in [1.82, 2.24) is 5.32 Å². The van der Waals surface area contributed by atoms with Gasteiger partial charge in [0.1, 0.15) is 0 Å². The molecule has 0 radical (unpaired) electrons. The molecule has 0 aliphatic carbocycles. The van der Waals surface area contributed by atoms with Gasteiger partial charge in [-0.1, -0.05) is 64.8 Å². The maximum absolute atomic E-state index is 6.41. The van der Waals surface area contributed by atoms with Gasteiger partial charge < -0.3 is 5.32 Å². The van der Waals surface area contributed by atoms with Gasteiger partial charge in [0, 0.05) is 9.50 Å². The number of nitrogens with one attached hydrogen (secondary N) is 1. The Morgan fingerprint density at radius 3 is 2.33 bits per heavy atom. The van der Waals surface area contributed by atoms with Crippen LogP contribution >= 0.6 is 27.5 Å². The molecule has 112 valence electrons. The van der Waals surface area contributed by atoms with Gasteiger partial charge in [-0.25, -0.2) is 0 Å². The first-order chi connectivity index (χ1) is 10.0. The van der Waals surface area contributed by atoms with Crippen LogP contribution in [0.1, 0.15) is 41.6 Å². The highest BCUT2D eigenvalue weighted by Gasteiger charge is 2.17. The van der Waals surface area contributed by atoms with Gasteiger partial charge in [-0.2, -0.15) is 0 Å². The third kappa shape index (κ3) is 3.88. The molecule has 0 aliphatic heterocycles. The third-order valence-electron chi connectivity index (χ3n) is 3.61. The van der Waals surface area contributed by atoms with Gasteiger partial charge in [0.25, 0.3) is 0 Å². The van der Waals surface area contributed by atoms with E-state index >= 15 is 0 Å². The Hall–Kier alpha value is -0.830. The molecule has 1 atom stereocenters. The van der Waals surface area contributed by atoms with E-state index in [1.54, 1.807) is 0 Å². The van der Waals surface area contributed by atoms with Crippen LogP contribution in [0.4, 0.5) is 0 Å². The maximum atomic E-state index is 6.41. The molecule has 0 bridgehead atoms. The average molecular weight is 367 g/mol. The lowest BCUT2D eigenvalue weighted by Crippen LogP contribution is -2.23. The summed E-state index contributed by atoms with van der Waals surface area (Å²) in [5.41, 5.74) is 4.89. The van der Waals surface area contributed by atoms with Crippen molar-refractivity contribution in [2.75, 3.05) is 6.54 Å². The van der Waals surface area contributed by atoms with Crippen LogP contribution in [-0.4, -0.2) is 6.54 Å². The number of aryl methyl sites for hydroxylation is 2. The molecule has 2 rings (SSSR count). The predicted octanol–water partition coefficient (Wildman–Crippen LogP) is 5.81. The molecule has 0 aromatic heterocycles. The van der Waals surface area contributed by atoms with E-state index in [0.29, 0.717) is 0 Å². The van der Waals surface area contributed by atoms with Gasteiger partial charge in [-0.15, -0.1) is 0 Å². The molecule has 3 heteroatoms. The molecule has 21 heavy (non-hydrogen) atoms. The second-order valence-electron chi connectivity index (χ2n) is 5.38. The van der Waals surface area contributed by atoms with E-state index in [2.05, 4.69) is 60.2 Å². The van der Waals surface area contributed by atoms with Crippen molar-refractivity contribution in [1.29, 1.82) is 0 Å². The van der Waals surface area contributed by atoms with Gasteiger partial charge >= 0.3 is 0 Å². The lowest BCUT2D eigenvalue weighted by Gasteiger charge is -2.22. The smallest absolute Gasteiger partial charge is 0.0591 e. The van der Waals surface area contributed by atoms with E-state index in [0.717, 1.165) is 23.6 Å². The summed E-state index contributed by atoms with van der Waals surface area (Å²) < 4.78 is 1.18. The summed E-state index contributed by atoms with van der Waals surface area (Å²) in [5.74, 6) is 0. The Morgan fingerprint density at radius 2 is 1.76 bits per heavy atom. The van der Waals surface area contributed by atoms with Crippen molar-refractivity contribution < 1.29 is 0 Å². The Kier molecular flexibility index (Phi) is 5.86. The molecule has 0 spiro atoms. The van der Waals surface area contributed by atoms with Crippen LogP contribution in [0.15, 0.2) is 40.9 Å². The predicted molar refractivity (Wildman–Crippen MR) is 95.2 cm³/mol. The highest BCUT2D eigenvalue weighted by molar-refractivity contribution is 9.10. The van der Waals surface area contributed by atoms with E-state index in [1.165, 1.54) is 21.2 Å². The number of hydrogen-bond acceptors (Lipinski definition) is 1. The van der Waals surface area contributed by atoms with Gasteiger partial charge in [-0.3, -0.25) is 0 Å². The lowest BCUT2D eigenvalue weighted by molar-refractivity contribution is 0.598. The minimum atomic E-state index is 0.129. The summed E-state index contributed by atoms with van der Waals surface area (Å²) in [6.45, 7) is 7.40. The normalized spacial score (nSPS) is 12.4. The molecule has 0 saturated heterocycles. The van der Waals surface area contributed by atoms with Gasteiger partial charge in [0.2, 0.25) is 0 Å². The molecule has 1 nitrogen and oxygen atoms in total. The number of halogens is 2. The van der Waals surface area contributed by atoms with Crippen LogP contribution in [0.25, 0.3) is 0 Å². The lowest BCUT2D eigenvalue weighted by atomic mass is 9.95. The molecule has 0 aliphatic rings. The van der Waals surface area contributed by atoms with E-state index < -0.39 is 0 Å². The average Bonchev–Trinajstić information content (AvgIpc) is 2.46. The molecule has 0 saturated carbocycles. The fraction of sp³-hybridized carbons (Fsp3) is 0.333. The van der Waals surface area contributed by atoms with E-state index in [1.807, 2.05) is 18.2 Å². The zero-order chi connectivity index (χ0) is 15.4. The van der Waals surface area contributed by atoms with Crippen molar-refractivity contribution in [3.05, 3.63) is 68.1 Å². The summed E-state index contributed by atoms with van der Waals surface area (Å²) >= 11 is 10.0. The minimum absolute atomic E-state index is 0.129. The zero-order valence-corrected chi connectivity index (χ0v) is 15.1. The van der Waals surface area contributed by atoms with Crippen LogP contribution in [-0.2, 0) is 0 Å². The van der Waals surface area contributed by atoms with Crippen LogP contribution in [0.2, 0.25) is 5.02 Å². The summed E-state index contributed by atoms with van der Waals surface area (Å²) in [6.07, 6.45) is 1.09. The molecule has 2 aromatic carbocycles. The maximum Gasteiger partial charge on any atom is 0.0591 e. The molecule has 0 amide bonds. The summed E-state index contributed by atoms with van der Waals surface area (Å²) in [5, 5.41) is 4.43. The van der Waals surface area contributed by atoms with Crippen molar-refractivity contribution in [3.8, 4) is 0 Å². The number of benzene rings is 2. The molecule has 1 unspecified atom stereocenters. The standard InChI is InChI=1S/C18H21BrClN/c1-4-9-21-18(15-7-5-6-8-16(15)20)14-10-12(2)17(19)13(3)11-14/h5-8,10-11,18,21H,4,9H2,1-3H3. The van der Waals surface area contributed by atoms with E-state index in [9.17, 15) is 0 Å². The molecular formula is C18H21BrClN. The first-order valence-electron chi connectivity index (χ1n) is 7.29. The topological polar surface area (TPSA) is 12.0 Å². The van der Waals surface area contributed by atoms with Gasteiger partial charge in [-0.05, 0) is 55.1 Å². The van der Waals surface area contributed by atoms with Crippen LogP contribution in [0, 0.1) is 13.8 Å². The molecule has 1 N–H and O–H groups in total. The Balaban J connectivity index is 2.48. The highest BCUT2D eigenvalue weighted by Crippen LogP contribution is 2.32. The first kappa shape index (κ1) is 16.5. The largest absolute Gasteiger partial charge is 0.306 e. The fourth-order valence-electron chi connectivity index (χ4n) is 2.55. The summed E-state index contributed by atoms with van der Waals surface area (Å²) in [6, 6.07) is 12.7. The van der Waals surface area contributed by atoms with Crippen LogP contribution in [0.3, 0.4) is 0 Å². The third-order valence-corrected chi connectivity index (χ3v) is 5.20. The highest BCUT2D eigenvalue weighted by atomic mass is 79.9. The van der Waals surface area contributed by atoms with Crippen molar-refractivity contribution in [2.24, 2.45) is 0 Å². The van der Waals surface area contributed by atoms with Gasteiger partial charge in [0.15, 0.2) is 0 Å². The SMILES string of the molecule is CCCNC(c1cc(C)c(Br)c(C)c1)c1ccccc1Cl.